The Labute approximate surface area is 125 Å². The number of phenols is 2. The van der Waals surface area contributed by atoms with E-state index in [1.54, 1.807) is 6.92 Å². The third-order valence-corrected chi connectivity index (χ3v) is 3.10. The average Bonchev–Trinajstić information content (AvgIpc) is 2.78. The molecule has 1 heterocycles. The van der Waals surface area contributed by atoms with Crippen LogP contribution in [-0.4, -0.2) is 32.5 Å². The molecule has 0 unspecified atom stereocenters. The number of carbonyl (C=O) groups is 1. The van der Waals surface area contributed by atoms with Gasteiger partial charge < -0.3 is 15.3 Å². The number of aromatic nitrogens is 2. The Morgan fingerprint density at radius 3 is 2.77 bits per heavy atom. The Balaban J connectivity index is 1.87. The highest BCUT2D eigenvalue weighted by atomic mass is 16.3. The standard InChI is InChI=1S/C14H16N4O4/c1-8-11(14(22)18-16-8)4-5-13(21)17-15-7-9-2-3-10(19)6-12(9)20/h2-3,6-7,19-20H,4-5H2,1H3,(H,17,21)(H2,16,18,22)/b15-7+. The first-order valence-corrected chi connectivity index (χ1v) is 6.57. The van der Waals surface area contributed by atoms with Crippen molar-refractivity contribution < 1.29 is 15.0 Å². The summed E-state index contributed by atoms with van der Waals surface area (Å²) >= 11 is 0. The number of nitrogens with zero attached hydrogens (tertiary/aromatic N) is 1. The van der Waals surface area contributed by atoms with Gasteiger partial charge in [0.25, 0.3) is 5.56 Å². The van der Waals surface area contributed by atoms with E-state index in [2.05, 4.69) is 20.7 Å². The van der Waals surface area contributed by atoms with Gasteiger partial charge in [-0.1, -0.05) is 0 Å². The van der Waals surface area contributed by atoms with Gasteiger partial charge in [0.15, 0.2) is 0 Å². The zero-order valence-electron chi connectivity index (χ0n) is 11.9. The molecule has 0 spiro atoms. The van der Waals surface area contributed by atoms with Crippen molar-refractivity contribution in [3.8, 4) is 11.5 Å². The molecule has 8 nitrogen and oxygen atoms in total. The first-order valence-electron chi connectivity index (χ1n) is 6.57. The molecular formula is C14H16N4O4. The predicted octanol–water partition coefficient (Wildman–Crippen LogP) is 0.506. The molecule has 0 aliphatic carbocycles. The van der Waals surface area contributed by atoms with Crippen LogP contribution in [0.5, 0.6) is 11.5 Å². The number of amides is 1. The van der Waals surface area contributed by atoms with Gasteiger partial charge in [-0.2, -0.15) is 5.10 Å². The summed E-state index contributed by atoms with van der Waals surface area (Å²) < 4.78 is 0. The SMILES string of the molecule is Cc1[nH][nH]c(=O)c1CCC(=O)N/N=C/c1ccc(O)cc1O. The summed E-state index contributed by atoms with van der Waals surface area (Å²) in [6.07, 6.45) is 1.68. The highest BCUT2D eigenvalue weighted by Crippen LogP contribution is 2.20. The van der Waals surface area contributed by atoms with Crippen LogP contribution in [0.4, 0.5) is 0 Å². The number of rotatable bonds is 5. The van der Waals surface area contributed by atoms with Crippen LogP contribution in [0.25, 0.3) is 0 Å². The first kappa shape index (κ1) is 15.4. The number of aromatic hydroxyl groups is 2. The van der Waals surface area contributed by atoms with Crippen LogP contribution < -0.4 is 11.0 Å². The maximum Gasteiger partial charge on any atom is 0.267 e. The highest BCUT2D eigenvalue weighted by molar-refractivity contribution is 5.85. The van der Waals surface area contributed by atoms with Crippen molar-refractivity contribution in [3.63, 3.8) is 0 Å². The Kier molecular flexibility index (Phi) is 4.62. The van der Waals surface area contributed by atoms with E-state index in [1.165, 1.54) is 24.4 Å². The minimum absolute atomic E-state index is 0.0641. The van der Waals surface area contributed by atoms with Gasteiger partial charge in [0, 0.05) is 29.3 Å². The van der Waals surface area contributed by atoms with Crippen LogP contribution in [0.15, 0.2) is 28.1 Å². The lowest BCUT2D eigenvalue weighted by Crippen LogP contribution is -2.19. The molecule has 1 amide bonds. The summed E-state index contributed by atoms with van der Waals surface area (Å²) in [5.41, 5.74) is 3.67. The zero-order valence-corrected chi connectivity index (χ0v) is 11.9. The van der Waals surface area contributed by atoms with E-state index in [0.29, 0.717) is 23.2 Å². The Morgan fingerprint density at radius 2 is 2.14 bits per heavy atom. The van der Waals surface area contributed by atoms with Gasteiger partial charge in [-0.15, -0.1) is 0 Å². The molecule has 0 aliphatic rings. The molecule has 2 rings (SSSR count). The fourth-order valence-electron chi connectivity index (χ4n) is 1.88. The van der Waals surface area contributed by atoms with Crippen LogP contribution in [0, 0.1) is 6.92 Å². The molecule has 0 bridgehead atoms. The summed E-state index contributed by atoms with van der Waals surface area (Å²) in [7, 11) is 0. The minimum Gasteiger partial charge on any atom is -0.508 e. The molecule has 2 aromatic rings. The average molecular weight is 304 g/mol. The van der Waals surface area contributed by atoms with Crippen LogP contribution in [-0.2, 0) is 11.2 Å². The summed E-state index contributed by atoms with van der Waals surface area (Å²) in [6.45, 7) is 1.75. The van der Waals surface area contributed by atoms with E-state index < -0.39 is 0 Å². The third-order valence-electron chi connectivity index (χ3n) is 3.10. The smallest absolute Gasteiger partial charge is 0.267 e. The van der Waals surface area contributed by atoms with Crippen molar-refractivity contribution in [1.29, 1.82) is 0 Å². The van der Waals surface area contributed by atoms with Crippen molar-refractivity contribution in [3.05, 3.63) is 45.4 Å². The molecule has 0 saturated heterocycles. The molecule has 116 valence electrons. The Bertz CT molecular complexity index is 760. The molecule has 0 saturated carbocycles. The van der Waals surface area contributed by atoms with E-state index in [-0.39, 0.29) is 29.4 Å². The topological polar surface area (TPSA) is 131 Å². The van der Waals surface area contributed by atoms with Crippen molar-refractivity contribution in [1.82, 2.24) is 15.6 Å². The van der Waals surface area contributed by atoms with Gasteiger partial charge in [0.05, 0.1) is 6.21 Å². The number of hydrogen-bond donors (Lipinski definition) is 5. The second-order valence-corrected chi connectivity index (χ2v) is 4.72. The van der Waals surface area contributed by atoms with Gasteiger partial charge in [-0.05, 0) is 25.5 Å². The Morgan fingerprint density at radius 1 is 1.36 bits per heavy atom. The molecule has 1 aromatic carbocycles. The van der Waals surface area contributed by atoms with Crippen molar-refractivity contribution >= 4 is 12.1 Å². The monoisotopic (exact) mass is 304 g/mol. The number of nitrogens with one attached hydrogen (secondary N) is 3. The lowest BCUT2D eigenvalue weighted by Gasteiger charge is -2.01. The fourth-order valence-corrected chi connectivity index (χ4v) is 1.88. The number of benzene rings is 1. The van der Waals surface area contributed by atoms with Crippen LogP contribution in [0.3, 0.4) is 0 Å². The molecule has 5 N–H and O–H groups in total. The zero-order chi connectivity index (χ0) is 16.1. The second-order valence-electron chi connectivity index (χ2n) is 4.72. The predicted molar refractivity (Wildman–Crippen MR) is 80.0 cm³/mol. The normalized spacial score (nSPS) is 11.0. The van der Waals surface area contributed by atoms with Gasteiger partial charge in [-0.3, -0.25) is 14.7 Å². The Hall–Kier alpha value is -3.03. The van der Waals surface area contributed by atoms with E-state index >= 15 is 0 Å². The van der Waals surface area contributed by atoms with E-state index in [0.717, 1.165) is 0 Å². The van der Waals surface area contributed by atoms with E-state index in [4.69, 9.17) is 5.11 Å². The van der Waals surface area contributed by atoms with Crippen LogP contribution >= 0.6 is 0 Å². The van der Waals surface area contributed by atoms with Gasteiger partial charge in [0.2, 0.25) is 5.91 Å². The lowest BCUT2D eigenvalue weighted by molar-refractivity contribution is -0.121. The number of hydrazone groups is 1. The third kappa shape index (κ3) is 3.75. The van der Waals surface area contributed by atoms with Gasteiger partial charge in [-0.25, -0.2) is 5.43 Å². The number of phenolic OH excluding ortho intramolecular Hbond substituents is 2. The summed E-state index contributed by atoms with van der Waals surface area (Å²) in [5.74, 6) is -0.562. The van der Waals surface area contributed by atoms with E-state index in [1.807, 2.05) is 0 Å². The van der Waals surface area contributed by atoms with Crippen molar-refractivity contribution in [2.75, 3.05) is 0 Å². The van der Waals surface area contributed by atoms with Crippen LogP contribution in [0.1, 0.15) is 23.2 Å². The van der Waals surface area contributed by atoms with Crippen LogP contribution in [0.2, 0.25) is 0 Å². The van der Waals surface area contributed by atoms with E-state index in [9.17, 15) is 14.7 Å². The first-order chi connectivity index (χ1) is 10.5. The maximum absolute atomic E-state index is 11.6. The van der Waals surface area contributed by atoms with Gasteiger partial charge in [0.1, 0.15) is 11.5 Å². The maximum atomic E-state index is 11.6. The molecule has 0 aliphatic heterocycles. The molecule has 8 heteroatoms. The molecule has 22 heavy (non-hydrogen) atoms. The second kappa shape index (κ2) is 6.61. The number of aryl methyl sites for hydroxylation is 1. The number of carbonyl (C=O) groups excluding carboxylic acids is 1. The van der Waals surface area contributed by atoms with Crippen molar-refractivity contribution in [2.24, 2.45) is 5.10 Å². The fraction of sp³-hybridized carbons (Fsp3) is 0.214. The number of aromatic amines is 2. The minimum atomic E-state index is -0.352. The molecule has 0 fully saturated rings. The summed E-state index contributed by atoms with van der Waals surface area (Å²) in [4.78, 5) is 23.1. The largest absolute Gasteiger partial charge is 0.508 e. The lowest BCUT2D eigenvalue weighted by atomic mass is 10.1. The molecule has 0 atom stereocenters. The number of H-pyrrole nitrogens is 2. The summed E-state index contributed by atoms with van der Waals surface area (Å²) in [6, 6.07) is 4.02. The van der Waals surface area contributed by atoms with Crippen molar-refractivity contribution in [2.45, 2.75) is 19.8 Å². The summed E-state index contributed by atoms with van der Waals surface area (Å²) in [5, 5.41) is 27.5. The number of hydrogen-bond acceptors (Lipinski definition) is 5. The van der Waals surface area contributed by atoms with Gasteiger partial charge >= 0.3 is 0 Å². The molecule has 1 aromatic heterocycles. The quantitative estimate of drug-likeness (QED) is 0.407. The molecule has 0 radical (unpaired) electrons. The highest BCUT2D eigenvalue weighted by Gasteiger charge is 2.08. The molecular weight excluding hydrogens is 288 g/mol.